The molecule has 0 bridgehead atoms. The van der Waals surface area contributed by atoms with Crippen LogP contribution in [0.15, 0.2) is 42.5 Å². The van der Waals surface area contributed by atoms with E-state index < -0.39 is 6.04 Å². The van der Waals surface area contributed by atoms with Crippen LogP contribution in [0, 0.1) is 0 Å². The second-order valence-electron chi connectivity index (χ2n) is 7.41. The van der Waals surface area contributed by atoms with Gasteiger partial charge in [0, 0.05) is 38.6 Å². The summed E-state index contributed by atoms with van der Waals surface area (Å²) >= 11 is 0. The van der Waals surface area contributed by atoms with Gasteiger partial charge >= 0.3 is 0 Å². The fourth-order valence-electron chi connectivity index (χ4n) is 3.49. The summed E-state index contributed by atoms with van der Waals surface area (Å²) in [5, 5.41) is 5.33. The van der Waals surface area contributed by atoms with E-state index in [1.165, 1.54) is 25.0 Å². The van der Waals surface area contributed by atoms with Gasteiger partial charge in [-0.3, -0.25) is 14.4 Å². The summed E-state index contributed by atoms with van der Waals surface area (Å²) in [6, 6.07) is 12.9. The molecule has 1 aromatic carbocycles. The van der Waals surface area contributed by atoms with E-state index in [0.717, 1.165) is 5.56 Å². The molecular weight excluding hydrogens is 398 g/mol. The van der Waals surface area contributed by atoms with Crippen LogP contribution in [0.5, 0.6) is 11.5 Å². The van der Waals surface area contributed by atoms with E-state index in [2.05, 4.69) is 34.9 Å². The quantitative estimate of drug-likeness (QED) is 0.562. The van der Waals surface area contributed by atoms with Crippen molar-refractivity contribution in [1.29, 1.82) is 0 Å². The zero-order valence-corrected chi connectivity index (χ0v) is 18.1. The van der Waals surface area contributed by atoms with Gasteiger partial charge in [0.05, 0.1) is 20.3 Å². The maximum Gasteiger partial charge on any atom is 0.248 e. The number of benzene rings is 2. The molecule has 0 spiro atoms. The molecule has 2 aliphatic carbocycles. The Hall–Kier alpha value is -3.55. The lowest BCUT2D eigenvalue weighted by Crippen LogP contribution is -2.72. The Kier molecular flexibility index (Phi) is 6.79. The number of nitrogens with zero attached hydrogens (tertiary/aromatic N) is 1. The van der Waals surface area contributed by atoms with Crippen molar-refractivity contribution in [3.8, 4) is 22.6 Å². The molecule has 2 N–H and O–H groups in total. The summed E-state index contributed by atoms with van der Waals surface area (Å²) in [5.74, 6) is 0.592. The van der Waals surface area contributed by atoms with Crippen molar-refractivity contribution in [2.24, 2.45) is 0 Å². The first-order valence-electron chi connectivity index (χ1n) is 9.97. The van der Waals surface area contributed by atoms with Gasteiger partial charge in [-0.15, -0.1) is 0 Å². The standard InChI is InChI=1S/C17H23N3O5.C6H4/c1-10(21)18-8-14-16(19-11(2)22)17(23)20(14)9-12-5-6-13(24-3)7-15(12)25-4;1-2-5-4-6(5)3-1/h5-7,14,16H,8-9H2,1-4H3,(H,18,21)(H,19,22);1-4H. The Morgan fingerprint density at radius 2 is 1.71 bits per heavy atom. The van der Waals surface area contributed by atoms with E-state index in [1.807, 2.05) is 6.07 Å². The maximum atomic E-state index is 12.4. The Balaban J connectivity index is 0.000000381. The van der Waals surface area contributed by atoms with Crippen LogP contribution in [0.2, 0.25) is 0 Å². The molecule has 1 saturated heterocycles. The molecule has 164 valence electrons. The van der Waals surface area contributed by atoms with Crippen molar-refractivity contribution in [3.05, 3.63) is 48.0 Å². The summed E-state index contributed by atoms with van der Waals surface area (Å²) in [6.45, 7) is 3.35. The SMILES string of the molecule is COc1ccc(CN2C(=O)C(NC(C)=O)C2CNC(C)=O)c(OC)c1.c1cc2cc-2c1. The number of amides is 3. The lowest BCUT2D eigenvalue weighted by atomic mass is 9.93. The summed E-state index contributed by atoms with van der Waals surface area (Å²) in [6.07, 6.45) is 0. The van der Waals surface area contributed by atoms with Gasteiger partial charge in [-0.05, 0) is 29.3 Å². The van der Waals surface area contributed by atoms with Crippen LogP contribution in [0.4, 0.5) is 0 Å². The van der Waals surface area contributed by atoms with Gasteiger partial charge < -0.3 is 25.0 Å². The first kappa shape index (κ1) is 22.1. The third-order valence-corrected chi connectivity index (χ3v) is 5.20. The monoisotopic (exact) mass is 425 g/mol. The normalized spacial score (nSPS) is 17.5. The van der Waals surface area contributed by atoms with Crippen molar-refractivity contribution in [2.45, 2.75) is 32.5 Å². The first-order valence-corrected chi connectivity index (χ1v) is 9.97. The second-order valence-corrected chi connectivity index (χ2v) is 7.41. The number of methoxy groups -OCH3 is 2. The minimum atomic E-state index is -0.631. The van der Waals surface area contributed by atoms with E-state index in [-0.39, 0.29) is 30.3 Å². The zero-order valence-electron chi connectivity index (χ0n) is 18.1. The molecular formula is C23H27N3O5. The maximum absolute atomic E-state index is 12.4. The number of ether oxygens (including phenoxy) is 2. The lowest BCUT2D eigenvalue weighted by molar-refractivity contribution is -0.154. The van der Waals surface area contributed by atoms with Crippen LogP contribution in [0.1, 0.15) is 19.4 Å². The van der Waals surface area contributed by atoms with Crippen LogP contribution in [0.3, 0.4) is 0 Å². The number of hydrogen-bond acceptors (Lipinski definition) is 5. The number of carbonyl (C=O) groups excluding carboxylic acids is 3. The molecule has 8 heteroatoms. The number of likely N-dealkylation sites (tertiary alicyclic amines) is 1. The smallest absolute Gasteiger partial charge is 0.248 e. The molecule has 0 radical (unpaired) electrons. The third-order valence-electron chi connectivity index (χ3n) is 5.20. The van der Waals surface area contributed by atoms with E-state index in [4.69, 9.17) is 9.47 Å². The molecule has 31 heavy (non-hydrogen) atoms. The molecule has 0 saturated carbocycles. The van der Waals surface area contributed by atoms with E-state index in [9.17, 15) is 14.4 Å². The number of fused-ring (bicyclic) bond motifs is 1. The van der Waals surface area contributed by atoms with Gasteiger partial charge in [0.2, 0.25) is 17.7 Å². The highest BCUT2D eigenvalue weighted by Gasteiger charge is 2.47. The number of β-lactam (4-membered cyclic amide) rings is 1. The fourth-order valence-corrected chi connectivity index (χ4v) is 3.49. The number of hydrogen-bond donors (Lipinski definition) is 2. The molecule has 1 fully saturated rings. The second kappa shape index (κ2) is 9.51. The molecule has 4 rings (SSSR count). The van der Waals surface area contributed by atoms with Crippen molar-refractivity contribution < 1.29 is 23.9 Å². The molecule has 1 aromatic rings. The van der Waals surface area contributed by atoms with Gasteiger partial charge in [-0.2, -0.15) is 0 Å². The van der Waals surface area contributed by atoms with Gasteiger partial charge in [-0.1, -0.05) is 18.2 Å². The third kappa shape index (κ3) is 5.33. The molecule has 1 aliphatic heterocycles. The highest BCUT2D eigenvalue weighted by Crippen LogP contribution is 2.32. The first-order chi connectivity index (χ1) is 14.8. The molecule has 1 heterocycles. The average molecular weight is 425 g/mol. The predicted molar refractivity (Wildman–Crippen MR) is 116 cm³/mol. The van der Waals surface area contributed by atoms with Crippen molar-refractivity contribution in [1.82, 2.24) is 15.5 Å². The largest absolute Gasteiger partial charge is 0.497 e. The minimum Gasteiger partial charge on any atom is -0.497 e. The fraction of sp³-hybridized carbons (Fsp3) is 0.348. The Bertz CT molecular complexity index is 974. The molecule has 8 nitrogen and oxygen atoms in total. The van der Waals surface area contributed by atoms with Gasteiger partial charge in [0.25, 0.3) is 0 Å². The van der Waals surface area contributed by atoms with E-state index in [0.29, 0.717) is 18.0 Å². The Morgan fingerprint density at radius 3 is 2.19 bits per heavy atom. The summed E-state index contributed by atoms with van der Waals surface area (Å²) < 4.78 is 10.5. The molecule has 0 aromatic heterocycles. The molecule has 3 aliphatic rings. The van der Waals surface area contributed by atoms with Gasteiger partial charge in [-0.25, -0.2) is 0 Å². The molecule has 3 amide bonds. The zero-order chi connectivity index (χ0) is 22.5. The minimum absolute atomic E-state index is 0.191. The van der Waals surface area contributed by atoms with Crippen LogP contribution >= 0.6 is 0 Å². The number of carbonyl (C=O) groups is 3. The van der Waals surface area contributed by atoms with Crippen molar-refractivity contribution >= 4 is 17.7 Å². The highest BCUT2D eigenvalue weighted by molar-refractivity contribution is 5.93. The van der Waals surface area contributed by atoms with Crippen LogP contribution < -0.4 is 20.1 Å². The van der Waals surface area contributed by atoms with E-state index >= 15 is 0 Å². The van der Waals surface area contributed by atoms with Crippen molar-refractivity contribution in [3.63, 3.8) is 0 Å². The topological polar surface area (TPSA) is 97.0 Å². The lowest BCUT2D eigenvalue weighted by Gasteiger charge is -2.47. The van der Waals surface area contributed by atoms with Gasteiger partial charge in [0.15, 0.2) is 0 Å². The summed E-state index contributed by atoms with van der Waals surface area (Å²) in [5.41, 5.74) is 3.66. The van der Waals surface area contributed by atoms with Crippen molar-refractivity contribution in [2.75, 3.05) is 20.8 Å². The molecule has 2 atom stereocenters. The Morgan fingerprint density at radius 1 is 1.00 bits per heavy atom. The van der Waals surface area contributed by atoms with Crippen LogP contribution in [-0.2, 0) is 20.9 Å². The molecule has 2 unspecified atom stereocenters. The van der Waals surface area contributed by atoms with Crippen LogP contribution in [0.25, 0.3) is 11.1 Å². The number of nitrogens with one attached hydrogen (secondary N) is 2. The van der Waals surface area contributed by atoms with Gasteiger partial charge in [0.1, 0.15) is 17.5 Å². The van der Waals surface area contributed by atoms with Crippen LogP contribution in [-0.4, -0.2) is 55.5 Å². The average Bonchev–Trinajstić information content (AvgIpc) is 3.36. The van der Waals surface area contributed by atoms with E-state index in [1.54, 1.807) is 31.3 Å². The summed E-state index contributed by atoms with van der Waals surface area (Å²) in [4.78, 5) is 36.5. The summed E-state index contributed by atoms with van der Waals surface area (Å²) in [7, 11) is 3.11. The Labute approximate surface area is 181 Å². The number of rotatable bonds is 7. The predicted octanol–water partition coefficient (Wildman–Crippen LogP) is 1.72. The highest BCUT2D eigenvalue weighted by atomic mass is 16.5.